The maximum absolute atomic E-state index is 13.6. The molecule has 0 radical (unpaired) electrons. The van der Waals surface area contributed by atoms with Crippen molar-refractivity contribution in [2.75, 3.05) is 6.54 Å². The molecule has 0 saturated heterocycles. The smallest absolute Gasteiger partial charge is 0.255 e. The van der Waals surface area contributed by atoms with Gasteiger partial charge in [-0.1, -0.05) is 48.0 Å². The van der Waals surface area contributed by atoms with E-state index < -0.39 is 17.8 Å². The Kier molecular flexibility index (Phi) is 5.31. The number of carbonyl (C=O) groups is 1. The average molecular weight is 308 g/mol. The van der Waals surface area contributed by atoms with Gasteiger partial charge in [-0.2, -0.15) is 0 Å². The van der Waals surface area contributed by atoms with Crippen LogP contribution in [0.4, 0.5) is 4.39 Å². The molecule has 3 nitrogen and oxygen atoms in total. The zero-order valence-electron chi connectivity index (χ0n) is 11.2. The van der Waals surface area contributed by atoms with Crippen LogP contribution in [-0.2, 0) is 6.42 Å². The molecule has 2 aromatic rings. The van der Waals surface area contributed by atoms with Gasteiger partial charge in [0.05, 0.1) is 16.7 Å². The third-order valence-electron chi connectivity index (χ3n) is 3.00. The number of hydrogen-bond acceptors (Lipinski definition) is 2. The number of hydrogen-bond donors (Lipinski definition) is 2. The maximum atomic E-state index is 13.6. The Morgan fingerprint density at radius 1 is 1.19 bits per heavy atom. The first-order valence-corrected chi connectivity index (χ1v) is 6.90. The van der Waals surface area contributed by atoms with E-state index in [0.717, 1.165) is 5.56 Å². The number of carbonyl (C=O) groups excluding carboxylic acids is 1. The van der Waals surface area contributed by atoms with Gasteiger partial charge in [-0.15, -0.1) is 0 Å². The molecule has 0 saturated carbocycles. The van der Waals surface area contributed by atoms with Gasteiger partial charge in [-0.3, -0.25) is 4.79 Å². The summed E-state index contributed by atoms with van der Waals surface area (Å²) in [5.41, 5.74) is 0.759. The minimum Gasteiger partial charge on any atom is -0.391 e. The number of aliphatic hydroxyl groups excluding tert-OH is 1. The van der Waals surface area contributed by atoms with E-state index in [-0.39, 0.29) is 17.1 Å². The maximum Gasteiger partial charge on any atom is 0.255 e. The molecule has 0 spiro atoms. The van der Waals surface area contributed by atoms with Crippen molar-refractivity contribution < 1.29 is 14.3 Å². The Balaban J connectivity index is 1.92. The van der Waals surface area contributed by atoms with E-state index in [1.54, 1.807) is 0 Å². The molecular weight excluding hydrogens is 293 g/mol. The van der Waals surface area contributed by atoms with Crippen molar-refractivity contribution in [2.24, 2.45) is 0 Å². The number of nitrogens with one attached hydrogen (secondary N) is 1. The van der Waals surface area contributed by atoms with E-state index in [9.17, 15) is 14.3 Å². The molecule has 5 heteroatoms. The molecule has 0 aliphatic rings. The van der Waals surface area contributed by atoms with Crippen molar-refractivity contribution in [1.82, 2.24) is 5.32 Å². The number of aliphatic hydroxyl groups is 1. The molecule has 2 rings (SSSR count). The van der Waals surface area contributed by atoms with Gasteiger partial charge in [0.2, 0.25) is 0 Å². The molecule has 110 valence electrons. The predicted molar refractivity (Wildman–Crippen MR) is 79.9 cm³/mol. The fourth-order valence-electron chi connectivity index (χ4n) is 1.97. The van der Waals surface area contributed by atoms with Gasteiger partial charge in [-0.25, -0.2) is 4.39 Å². The van der Waals surface area contributed by atoms with Crippen LogP contribution in [0, 0.1) is 5.82 Å². The third kappa shape index (κ3) is 4.28. The molecule has 1 atom stereocenters. The normalized spacial score (nSPS) is 12.0. The van der Waals surface area contributed by atoms with Gasteiger partial charge in [0.15, 0.2) is 0 Å². The topological polar surface area (TPSA) is 49.3 Å². The molecule has 0 unspecified atom stereocenters. The van der Waals surface area contributed by atoms with Crippen LogP contribution < -0.4 is 5.32 Å². The van der Waals surface area contributed by atoms with E-state index in [4.69, 9.17) is 11.6 Å². The van der Waals surface area contributed by atoms with E-state index in [1.165, 1.54) is 18.2 Å². The fraction of sp³-hybridized carbons (Fsp3) is 0.188. The molecule has 21 heavy (non-hydrogen) atoms. The Labute approximate surface area is 127 Å². The molecule has 0 heterocycles. The van der Waals surface area contributed by atoms with Gasteiger partial charge >= 0.3 is 0 Å². The highest BCUT2D eigenvalue weighted by molar-refractivity contribution is 6.33. The summed E-state index contributed by atoms with van der Waals surface area (Å²) in [5, 5.41) is 12.4. The highest BCUT2D eigenvalue weighted by Gasteiger charge is 2.16. The zero-order valence-corrected chi connectivity index (χ0v) is 12.0. The summed E-state index contributed by atoms with van der Waals surface area (Å²) in [5.74, 6) is -1.32. The van der Waals surface area contributed by atoms with Crippen molar-refractivity contribution in [1.29, 1.82) is 0 Å². The third-order valence-corrected chi connectivity index (χ3v) is 3.32. The van der Waals surface area contributed by atoms with Crippen molar-refractivity contribution in [2.45, 2.75) is 12.5 Å². The second kappa shape index (κ2) is 7.20. The van der Waals surface area contributed by atoms with Crippen LogP contribution in [0.1, 0.15) is 15.9 Å². The molecule has 0 fully saturated rings. The number of rotatable bonds is 5. The summed E-state index contributed by atoms with van der Waals surface area (Å²) < 4.78 is 13.6. The first-order chi connectivity index (χ1) is 10.1. The Morgan fingerprint density at radius 2 is 1.90 bits per heavy atom. The molecule has 0 aliphatic heterocycles. The van der Waals surface area contributed by atoms with E-state index >= 15 is 0 Å². The highest BCUT2D eigenvalue weighted by atomic mass is 35.5. The van der Waals surface area contributed by atoms with Crippen LogP contribution >= 0.6 is 11.6 Å². The van der Waals surface area contributed by atoms with Crippen LogP contribution in [0.2, 0.25) is 5.02 Å². The Bertz CT molecular complexity index is 599. The van der Waals surface area contributed by atoms with Gasteiger partial charge in [0.25, 0.3) is 5.91 Å². The lowest BCUT2D eigenvalue weighted by Crippen LogP contribution is -2.33. The van der Waals surface area contributed by atoms with Gasteiger partial charge in [0, 0.05) is 13.0 Å². The largest absolute Gasteiger partial charge is 0.391 e. The average Bonchev–Trinajstić information content (AvgIpc) is 2.46. The van der Waals surface area contributed by atoms with Crippen LogP contribution in [-0.4, -0.2) is 23.7 Å². The summed E-state index contributed by atoms with van der Waals surface area (Å²) in [4.78, 5) is 11.9. The summed E-state index contributed by atoms with van der Waals surface area (Å²) in [7, 11) is 0. The lowest BCUT2D eigenvalue weighted by atomic mass is 10.1. The van der Waals surface area contributed by atoms with E-state index in [2.05, 4.69) is 5.32 Å². The lowest BCUT2D eigenvalue weighted by molar-refractivity contribution is 0.0912. The molecule has 0 aromatic heterocycles. The summed E-state index contributed by atoms with van der Waals surface area (Å²) in [6.07, 6.45) is -0.339. The van der Waals surface area contributed by atoms with Crippen LogP contribution in [0.5, 0.6) is 0 Å². The minimum atomic E-state index is -0.748. The summed E-state index contributed by atoms with van der Waals surface area (Å²) in [6.45, 7) is 0.0262. The fourth-order valence-corrected chi connectivity index (χ4v) is 2.22. The first-order valence-electron chi connectivity index (χ1n) is 6.52. The van der Waals surface area contributed by atoms with E-state index in [1.807, 2.05) is 30.3 Å². The summed E-state index contributed by atoms with van der Waals surface area (Å²) in [6, 6.07) is 13.5. The van der Waals surface area contributed by atoms with Gasteiger partial charge in [-0.05, 0) is 17.7 Å². The number of benzene rings is 2. The van der Waals surface area contributed by atoms with Gasteiger partial charge in [0.1, 0.15) is 5.82 Å². The van der Waals surface area contributed by atoms with Crippen molar-refractivity contribution in [3.63, 3.8) is 0 Å². The van der Waals surface area contributed by atoms with Crippen molar-refractivity contribution in [3.05, 3.63) is 70.5 Å². The molecule has 1 amide bonds. The minimum absolute atomic E-state index is 0.0262. The molecule has 0 bridgehead atoms. The number of amides is 1. The highest BCUT2D eigenvalue weighted by Crippen LogP contribution is 2.18. The standard InChI is InChI=1S/C16H15ClFNO2/c17-13-7-4-8-14(18)15(13)16(21)19-10-12(20)9-11-5-2-1-3-6-11/h1-8,12,20H,9-10H2,(H,19,21)/t12-/m1/s1. The van der Waals surface area contributed by atoms with E-state index in [0.29, 0.717) is 6.42 Å². The molecular formula is C16H15ClFNO2. The molecule has 0 aliphatic carbocycles. The quantitative estimate of drug-likeness (QED) is 0.892. The predicted octanol–water partition coefficient (Wildman–Crippen LogP) is 2.81. The number of halogens is 2. The van der Waals surface area contributed by atoms with Crippen LogP contribution in [0.25, 0.3) is 0 Å². The zero-order chi connectivity index (χ0) is 15.2. The molecule has 2 aromatic carbocycles. The molecule has 2 N–H and O–H groups in total. The van der Waals surface area contributed by atoms with Crippen molar-refractivity contribution >= 4 is 17.5 Å². The second-order valence-corrected chi connectivity index (χ2v) is 5.06. The monoisotopic (exact) mass is 307 g/mol. The van der Waals surface area contributed by atoms with Gasteiger partial charge < -0.3 is 10.4 Å². The van der Waals surface area contributed by atoms with Crippen LogP contribution in [0.3, 0.4) is 0 Å². The lowest BCUT2D eigenvalue weighted by Gasteiger charge is -2.13. The second-order valence-electron chi connectivity index (χ2n) is 4.65. The summed E-state index contributed by atoms with van der Waals surface area (Å²) >= 11 is 5.81. The SMILES string of the molecule is O=C(NC[C@H](O)Cc1ccccc1)c1c(F)cccc1Cl. The Hall–Kier alpha value is -1.91. The van der Waals surface area contributed by atoms with Crippen LogP contribution in [0.15, 0.2) is 48.5 Å². The first kappa shape index (κ1) is 15.5. The Morgan fingerprint density at radius 3 is 2.57 bits per heavy atom. The van der Waals surface area contributed by atoms with Crippen molar-refractivity contribution in [3.8, 4) is 0 Å².